The minimum atomic E-state index is -4.52. The average Bonchev–Trinajstić information content (AvgIpc) is 2.45. The molecule has 0 aliphatic rings. The molecule has 1 aromatic carbocycles. The summed E-state index contributed by atoms with van der Waals surface area (Å²) >= 11 is 6.37. The molecule has 2 rings (SSSR count). The van der Waals surface area contributed by atoms with E-state index in [-0.39, 0.29) is 44.4 Å². The van der Waals surface area contributed by atoms with Crippen LogP contribution in [0.4, 0.5) is 4.39 Å². The molecule has 3 nitrogen and oxygen atoms in total. The molecule has 1 heterocycles. The summed E-state index contributed by atoms with van der Waals surface area (Å²) in [7, 11) is -4.52. The molecule has 0 aliphatic carbocycles. The van der Waals surface area contributed by atoms with Gasteiger partial charge in [0.15, 0.2) is 0 Å². The summed E-state index contributed by atoms with van der Waals surface area (Å²) in [5.41, 5.74) is 0.269. The van der Waals surface area contributed by atoms with Gasteiger partial charge in [0.25, 0.3) is 0 Å². The Balaban J connectivity index is 0.00000144. The zero-order chi connectivity index (χ0) is 12.1. The molecule has 2 aromatic rings. The molecule has 0 spiro atoms. The van der Waals surface area contributed by atoms with Crippen molar-refractivity contribution < 1.29 is 46.9 Å². The van der Waals surface area contributed by atoms with Gasteiger partial charge in [-0.3, -0.25) is 0 Å². The quantitative estimate of drug-likeness (QED) is 0.546. The first-order valence-electron chi connectivity index (χ1n) is 4.15. The second-order valence-electron chi connectivity index (χ2n) is 3.23. The molecule has 0 unspecified atom stereocenters. The second-order valence-corrected chi connectivity index (χ2v) is 6.27. The fraction of sp³-hybridized carbons (Fsp3) is 0.111. The molecule has 0 bridgehead atoms. The van der Waals surface area contributed by atoms with Crippen LogP contribution in [-0.2, 0) is 10.1 Å². The van der Waals surface area contributed by atoms with Crippen LogP contribution in [0.15, 0.2) is 16.3 Å². The normalized spacial score (nSPS) is 11.5. The van der Waals surface area contributed by atoms with Crippen molar-refractivity contribution in [2.24, 2.45) is 0 Å². The van der Waals surface area contributed by atoms with E-state index in [0.29, 0.717) is 10.1 Å². The van der Waals surface area contributed by atoms with Crippen molar-refractivity contribution in [1.29, 1.82) is 0 Å². The number of aryl methyl sites for hydroxylation is 1. The van der Waals surface area contributed by atoms with Crippen molar-refractivity contribution in [3.63, 3.8) is 0 Å². The molecule has 0 saturated carbocycles. The predicted octanol–water partition coefficient (Wildman–Crippen LogP) is -0.0897. The third-order valence-corrected chi connectivity index (χ3v) is 5.12. The van der Waals surface area contributed by atoms with E-state index in [1.807, 2.05) is 0 Å². The molecule has 0 amide bonds. The van der Waals surface area contributed by atoms with E-state index < -0.39 is 15.9 Å². The van der Waals surface area contributed by atoms with Gasteiger partial charge in [0.1, 0.15) is 20.1 Å². The summed E-state index contributed by atoms with van der Waals surface area (Å²) in [5.74, 6) is -0.634. The third kappa shape index (κ3) is 2.84. The number of fused-ring (bicyclic) bond motifs is 1. The van der Waals surface area contributed by atoms with Gasteiger partial charge in [-0.15, -0.1) is 11.3 Å². The number of rotatable bonds is 1. The minimum Gasteiger partial charge on any atom is -0.743 e. The zero-order valence-electron chi connectivity index (χ0n) is 8.95. The van der Waals surface area contributed by atoms with Crippen LogP contribution in [0.25, 0.3) is 10.1 Å². The maximum absolute atomic E-state index is 13.2. The summed E-state index contributed by atoms with van der Waals surface area (Å²) in [6.45, 7) is 1.47. The van der Waals surface area contributed by atoms with Crippen molar-refractivity contribution in [2.75, 3.05) is 0 Å². The van der Waals surface area contributed by atoms with E-state index in [0.717, 1.165) is 17.4 Å². The maximum atomic E-state index is 13.2. The molecule has 1 aromatic heterocycles. The number of hydrogen-bond donors (Lipinski definition) is 0. The maximum Gasteiger partial charge on any atom is 1.00 e. The monoisotopic (exact) mass is 302 g/mol. The van der Waals surface area contributed by atoms with Gasteiger partial charge >= 0.3 is 29.6 Å². The van der Waals surface area contributed by atoms with E-state index in [1.54, 1.807) is 0 Å². The molecule has 0 N–H and O–H groups in total. The summed E-state index contributed by atoms with van der Waals surface area (Å²) in [6.07, 6.45) is 0. The van der Waals surface area contributed by atoms with Crippen LogP contribution in [-0.4, -0.2) is 13.0 Å². The summed E-state index contributed by atoms with van der Waals surface area (Å²) in [5, 5.41) is 0.310. The van der Waals surface area contributed by atoms with Gasteiger partial charge in [-0.2, -0.15) is 0 Å². The van der Waals surface area contributed by atoms with E-state index >= 15 is 0 Å². The molecule has 0 saturated heterocycles. The van der Waals surface area contributed by atoms with Crippen LogP contribution in [0, 0.1) is 12.7 Å². The number of hydrogen-bond acceptors (Lipinski definition) is 4. The molecule has 0 fully saturated rings. The van der Waals surface area contributed by atoms with Gasteiger partial charge in [0, 0.05) is 4.70 Å². The van der Waals surface area contributed by atoms with Gasteiger partial charge < -0.3 is 4.55 Å². The zero-order valence-corrected chi connectivity index (χ0v) is 13.3. The first-order valence-corrected chi connectivity index (χ1v) is 6.75. The number of halogens is 2. The summed E-state index contributed by atoms with van der Waals surface area (Å²) in [4.78, 5) is 0. The Morgan fingerprint density at radius 3 is 2.53 bits per heavy atom. The van der Waals surface area contributed by atoms with Crippen molar-refractivity contribution in [3.8, 4) is 0 Å². The van der Waals surface area contributed by atoms with Crippen LogP contribution in [0.5, 0.6) is 0 Å². The van der Waals surface area contributed by atoms with Crippen molar-refractivity contribution in [1.82, 2.24) is 0 Å². The van der Waals surface area contributed by atoms with Crippen LogP contribution in [0.1, 0.15) is 5.56 Å². The van der Waals surface area contributed by atoms with E-state index in [2.05, 4.69) is 0 Å². The van der Waals surface area contributed by atoms with Crippen LogP contribution in [0.2, 0.25) is 5.02 Å². The van der Waals surface area contributed by atoms with E-state index in [1.165, 1.54) is 13.0 Å². The van der Waals surface area contributed by atoms with E-state index in [4.69, 9.17) is 11.6 Å². The second kappa shape index (κ2) is 5.13. The molecule has 0 radical (unpaired) electrons. The molecular weight excluding hydrogens is 298 g/mol. The predicted molar refractivity (Wildman–Crippen MR) is 59.5 cm³/mol. The van der Waals surface area contributed by atoms with Crippen LogP contribution in [0.3, 0.4) is 0 Å². The van der Waals surface area contributed by atoms with Crippen molar-refractivity contribution in [3.05, 3.63) is 28.5 Å². The fourth-order valence-electron chi connectivity index (χ4n) is 1.43. The molecule has 0 atom stereocenters. The SMILES string of the molecule is Cc1c(S(=O)(=O)[O-])sc2cc(Cl)c(F)cc12.[Na+]. The van der Waals surface area contributed by atoms with Crippen LogP contribution >= 0.6 is 22.9 Å². The fourth-order valence-corrected chi connectivity index (χ4v) is 3.78. The Morgan fingerprint density at radius 2 is 2.00 bits per heavy atom. The number of thiophene rings is 1. The number of benzene rings is 1. The Labute approximate surface area is 129 Å². The molecule has 0 aliphatic heterocycles. The Hall–Kier alpha value is 0.310. The summed E-state index contributed by atoms with van der Waals surface area (Å²) < 4.78 is 46.1. The van der Waals surface area contributed by atoms with E-state index in [9.17, 15) is 17.4 Å². The standard InChI is InChI=1S/C9H6ClFO3S2.Na/c1-4-5-2-7(11)6(10)3-8(5)15-9(4)16(12,13)14;/h2-3H,1H3,(H,12,13,14);/q;+1/p-1. The van der Waals surface area contributed by atoms with Gasteiger partial charge in [0.2, 0.25) is 0 Å². The molecule has 8 heteroatoms. The smallest absolute Gasteiger partial charge is 0.743 e. The minimum absolute atomic E-state index is 0. The van der Waals surface area contributed by atoms with Gasteiger partial charge in [-0.05, 0) is 30.0 Å². The molecular formula is C9H5ClFNaO3S2. The molecule has 17 heavy (non-hydrogen) atoms. The summed E-state index contributed by atoms with van der Waals surface area (Å²) in [6, 6.07) is 2.46. The van der Waals surface area contributed by atoms with Gasteiger partial charge in [0.05, 0.1) is 5.02 Å². The third-order valence-electron chi connectivity index (χ3n) is 2.16. The Bertz CT molecular complexity index is 681. The van der Waals surface area contributed by atoms with Crippen molar-refractivity contribution >= 4 is 43.1 Å². The average molecular weight is 303 g/mol. The first-order chi connectivity index (χ1) is 7.30. The van der Waals surface area contributed by atoms with Gasteiger partial charge in [-0.25, -0.2) is 12.8 Å². The van der Waals surface area contributed by atoms with Crippen molar-refractivity contribution in [2.45, 2.75) is 11.1 Å². The largest absolute Gasteiger partial charge is 1.00 e. The topological polar surface area (TPSA) is 57.2 Å². The molecule has 86 valence electrons. The Kier molecular flexibility index (Phi) is 4.63. The first kappa shape index (κ1) is 15.4. The van der Waals surface area contributed by atoms with Gasteiger partial charge in [-0.1, -0.05) is 11.6 Å². The van der Waals surface area contributed by atoms with Crippen LogP contribution < -0.4 is 29.6 Å². The Morgan fingerprint density at radius 1 is 1.41 bits per heavy atom.